The average molecular weight is 263 g/mol. The van der Waals surface area contributed by atoms with E-state index in [1.54, 1.807) is 6.92 Å². The summed E-state index contributed by atoms with van der Waals surface area (Å²) in [4.78, 5) is 2.50. The number of aliphatic hydroxyl groups excluding tert-OH is 1. The van der Waals surface area contributed by atoms with E-state index < -0.39 is 6.10 Å². The molecular weight excluding hydrogens is 238 g/mol. The van der Waals surface area contributed by atoms with Gasteiger partial charge in [-0.3, -0.25) is 0 Å². The molecule has 0 amide bonds. The Kier molecular flexibility index (Phi) is 5.23. The summed E-state index contributed by atoms with van der Waals surface area (Å²) in [6.45, 7) is 8.15. The zero-order valence-corrected chi connectivity index (χ0v) is 12.1. The molecule has 0 unspecified atom stereocenters. The maximum atomic E-state index is 9.74. The maximum absolute atomic E-state index is 9.74. The summed E-state index contributed by atoms with van der Waals surface area (Å²) in [7, 11) is 0. The number of benzene rings is 1. The lowest BCUT2D eigenvalue weighted by molar-refractivity contribution is 0.189. The Morgan fingerprint density at radius 2 is 2.05 bits per heavy atom. The average Bonchev–Trinajstić information content (AvgIpc) is 2.87. The molecule has 1 aliphatic rings. The van der Waals surface area contributed by atoms with Gasteiger partial charge in [-0.15, -0.1) is 0 Å². The van der Waals surface area contributed by atoms with Crippen molar-refractivity contribution in [1.29, 1.82) is 0 Å². The molecule has 0 radical (unpaired) electrons. The van der Waals surface area contributed by atoms with Crippen LogP contribution in [0.3, 0.4) is 0 Å². The minimum atomic E-state index is -0.478. The first-order valence-corrected chi connectivity index (χ1v) is 7.30. The van der Waals surface area contributed by atoms with Gasteiger partial charge in [-0.2, -0.15) is 0 Å². The molecule has 19 heavy (non-hydrogen) atoms. The Morgan fingerprint density at radius 1 is 1.32 bits per heavy atom. The van der Waals surface area contributed by atoms with Crippen LogP contribution < -0.4 is 4.74 Å². The molecule has 0 saturated carbocycles. The summed E-state index contributed by atoms with van der Waals surface area (Å²) >= 11 is 0. The molecule has 1 aliphatic heterocycles. The number of aryl methyl sites for hydroxylation is 1. The first-order chi connectivity index (χ1) is 9.16. The van der Waals surface area contributed by atoms with Gasteiger partial charge in [0.25, 0.3) is 0 Å². The lowest BCUT2D eigenvalue weighted by atomic mass is 10.1. The number of ether oxygens (including phenoxy) is 1. The smallest absolute Gasteiger partial charge is 0.125 e. The van der Waals surface area contributed by atoms with E-state index in [1.807, 2.05) is 25.1 Å². The minimum absolute atomic E-state index is 0.478. The van der Waals surface area contributed by atoms with Gasteiger partial charge in [-0.05, 0) is 57.8 Å². The van der Waals surface area contributed by atoms with E-state index in [-0.39, 0.29) is 0 Å². The third kappa shape index (κ3) is 4.22. The summed E-state index contributed by atoms with van der Waals surface area (Å²) < 4.78 is 5.85. The second kappa shape index (κ2) is 6.92. The van der Waals surface area contributed by atoms with Crippen LogP contribution in [-0.2, 0) is 0 Å². The van der Waals surface area contributed by atoms with Crippen LogP contribution in [0.15, 0.2) is 18.2 Å². The summed E-state index contributed by atoms with van der Waals surface area (Å²) in [5.74, 6) is 0.830. The van der Waals surface area contributed by atoms with Gasteiger partial charge in [0.2, 0.25) is 0 Å². The van der Waals surface area contributed by atoms with Crippen molar-refractivity contribution in [3.05, 3.63) is 29.3 Å². The minimum Gasteiger partial charge on any atom is -0.493 e. The number of likely N-dealkylation sites (tertiary alicyclic amines) is 1. The van der Waals surface area contributed by atoms with Crippen LogP contribution in [0.4, 0.5) is 0 Å². The van der Waals surface area contributed by atoms with E-state index in [1.165, 1.54) is 31.5 Å². The van der Waals surface area contributed by atoms with Crippen molar-refractivity contribution < 1.29 is 9.84 Å². The van der Waals surface area contributed by atoms with Crippen LogP contribution in [0.5, 0.6) is 5.75 Å². The standard InChI is InChI=1S/C16H25NO2/c1-13-6-7-15(14(2)18)16(12-13)19-11-5-10-17-8-3-4-9-17/h6-7,12,14,18H,3-5,8-11H2,1-2H3/t14-/m0/s1. The van der Waals surface area contributed by atoms with Crippen molar-refractivity contribution in [3.63, 3.8) is 0 Å². The van der Waals surface area contributed by atoms with Crippen LogP contribution in [-0.4, -0.2) is 36.2 Å². The molecule has 0 aliphatic carbocycles. The van der Waals surface area contributed by atoms with Crippen molar-refractivity contribution in [2.45, 2.75) is 39.2 Å². The first-order valence-electron chi connectivity index (χ1n) is 7.30. The van der Waals surface area contributed by atoms with Gasteiger partial charge in [0.05, 0.1) is 12.7 Å². The predicted molar refractivity (Wildman–Crippen MR) is 77.6 cm³/mol. The molecule has 0 aromatic heterocycles. The highest BCUT2D eigenvalue weighted by molar-refractivity contribution is 5.38. The lowest BCUT2D eigenvalue weighted by Crippen LogP contribution is -2.22. The molecular formula is C16H25NO2. The molecule has 0 bridgehead atoms. The third-order valence-electron chi connectivity index (χ3n) is 3.69. The fourth-order valence-corrected chi connectivity index (χ4v) is 2.59. The van der Waals surface area contributed by atoms with Crippen LogP contribution in [0, 0.1) is 6.92 Å². The SMILES string of the molecule is Cc1ccc([C@H](C)O)c(OCCCN2CCCC2)c1. The highest BCUT2D eigenvalue weighted by Crippen LogP contribution is 2.26. The van der Waals surface area contributed by atoms with Gasteiger partial charge in [-0.1, -0.05) is 12.1 Å². The fourth-order valence-electron chi connectivity index (χ4n) is 2.59. The van der Waals surface area contributed by atoms with Crippen molar-refractivity contribution >= 4 is 0 Å². The molecule has 3 nitrogen and oxygen atoms in total. The Hall–Kier alpha value is -1.06. The normalized spacial score (nSPS) is 17.6. The summed E-state index contributed by atoms with van der Waals surface area (Å²) in [6, 6.07) is 5.98. The van der Waals surface area contributed by atoms with Gasteiger partial charge < -0.3 is 14.7 Å². The zero-order chi connectivity index (χ0) is 13.7. The Bertz CT molecular complexity index is 398. The number of hydrogen-bond donors (Lipinski definition) is 1. The second-order valence-electron chi connectivity index (χ2n) is 5.47. The fraction of sp³-hybridized carbons (Fsp3) is 0.625. The molecule has 1 aromatic rings. The van der Waals surface area contributed by atoms with Crippen LogP contribution in [0.25, 0.3) is 0 Å². The molecule has 106 valence electrons. The van der Waals surface area contributed by atoms with E-state index >= 15 is 0 Å². The van der Waals surface area contributed by atoms with E-state index in [2.05, 4.69) is 4.90 Å². The Labute approximate surface area is 116 Å². The highest BCUT2D eigenvalue weighted by Gasteiger charge is 2.12. The van der Waals surface area contributed by atoms with Crippen LogP contribution >= 0.6 is 0 Å². The largest absolute Gasteiger partial charge is 0.493 e. The molecule has 1 N–H and O–H groups in total. The van der Waals surface area contributed by atoms with Gasteiger partial charge in [0.1, 0.15) is 5.75 Å². The Balaban J connectivity index is 1.82. The molecule has 1 heterocycles. The van der Waals surface area contributed by atoms with Crippen molar-refractivity contribution in [2.24, 2.45) is 0 Å². The molecule has 2 rings (SSSR count). The van der Waals surface area contributed by atoms with Gasteiger partial charge >= 0.3 is 0 Å². The van der Waals surface area contributed by atoms with Crippen LogP contribution in [0.1, 0.15) is 43.4 Å². The molecule has 1 fully saturated rings. The second-order valence-corrected chi connectivity index (χ2v) is 5.47. The molecule has 0 spiro atoms. The highest BCUT2D eigenvalue weighted by atomic mass is 16.5. The van der Waals surface area contributed by atoms with Crippen molar-refractivity contribution in [3.8, 4) is 5.75 Å². The van der Waals surface area contributed by atoms with E-state index in [9.17, 15) is 5.11 Å². The molecule has 3 heteroatoms. The van der Waals surface area contributed by atoms with Gasteiger partial charge in [0.15, 0.2) is 0 Å². The first kappa shape index (κ1) is 14.4. The number of nitrogens with zero attached hydrogens (tertiary/aromatic N) is 1. The Morgan fingerprint density at radius 3 is 2.74 bits per heavy atom. The lowest BCUT2D eigenvalue weighted by Gasteiger charge is -2.17. The molecule has 1 atom stereocenters. The van der Waals surface area contributed by atoms with Gasteiger partial charge in [-0.25, -0.2) is 0 Å². The topological polar surface area (TPSA) is 32.7 Å². The van der Waals surface area contributed by atoms with Crippen molar-refractivity contribution in [1.82, 2.24) is 4.90 Å². The summed E-state index contributed by atoms with van der Waals surface area (Å²) in [5.41, 5.74) is 2.05. The third-order valence-corrected chi connectivity index (χ3v) is 3.69. The number of hydrogen-bond acceptors (Lipinski definition) is 3. The van der Waals surface area contributed by atoms with Gasteiger partial charge in [0, 0.05) is 12.1 Å². The number of rotatable bonds is 6. The van der Waals surface area contributed by atoms with E-state index in [0.29, 0.717) is 0 Å². The summed E-state index contributed by atoms with van der Waals surface area (Å²) in [5, 5.41) is 9.74. The molecule has 1 saturated heterocycles. The quantitative estimate of drug-likeness (QED) is 0.801. The summed E-state index contributed by atoms with van der Waals surface area (Å²) in [6.07, 6.45) is 3.25. The number of aliphatic hydroxyl groups is 1. The van der Waals surface area contributed by atoms with Crippen molar-refractivity contribution in [2.75, 3.05) is 26.2 Å². The van der Waals surface area contributed by atoms with E-state index in [4.69, 9.17) is 4.74 Å². The van der Waals surface area contributed by atoms with E-state index in [0.717, 1.165) is 30.9 Å². The maximum Gasteiger partial charge on any atom is 0.125 e. The van der Waals surface area contributed by atoms with Crippen LogP contribution in [0.2, 0.25) is 0 Å². The predicted octanol–water partition coefficient (Wildman–Crippen LogP) is 2.91. The monoisotopic (exact) mass is 263 g/mol. The zero-order valence-electron chi connectivity index (χ0n) is 12.1. The molecule has 1 aromatic carbocycles.